The standard InChI is InChI=1S/C21H22N4O2/c1-4-27-10-6-9-20(26)19-11-17(18-13-23-25(3)14(18)2)16-8-5-7-15(12-22)21(16)24-19/h5,7-8,11,13H,4,6,9-10H2,1-3H3. The quantitative estimate of drug-likeness (QED) is 0.471. The molecule has 2 heterocycles. The number of nitriles is 1. The number of carbonyl (C=O) groups excluding carboxylic acids is 1. The van der Waals surface area contributed by atoms with Gasteiger partial charge in [-0.3, -0.25) is 9.48 Å². The fraction of sp³-hybridized carbons (Fsp3) is 0.333. The molecule has 3 rings (SSSR count). The van der Waals surface area contributed by atoms with E-state index in [4.69, 9.17) is 4.74 Å². The number of benzene rings is 1. The summed E-state index contributed by atoms with van der Waals surface area (Å²) in [4.78, 5) is 17.2. The topological polar surface area (TPSA) is 80.8 Å². The van der Waals surface area contributed by atoms with Gasteiger partial charge in [-0.15, -0.1) is 0 Å². The molecule has 0 aliphatic carbocycles. The highest BCUT2D eigenvalue weighted by Crippen LogP contribution is 2.32. The molecule has 0 saturated heterocycles. The zero-order valence-electron chi connectivity index (χ0n) is 15.8. The van der Waals surface area contributed by atoms with Gasteiger partial charge in [-0.2, -0.15) is 10.4 Å². The molecule has 0 saturated carbocycles. The van der Waals surface area contributed by atoms with Crippen molar-refractivity contribution in [1.29, 1.82) is 5.26 Å². The average Bonchev–Trinajstić information content (AvgIpc) is 3.02. The van der Waals surface area contributed by atoms with Gasteiger partial charge in [-0.25, -0.2) is 4.98 Å². The monoisotopic (exact) mass is 362 g/mol. The Labute approximate surface area is 158 Å². The largest absolute Gasteiger partial charge is 0.382 e. The van der Waals surface area contributed by atoms with E-state index in [2.05, 4.69) is 16.2 Å². The van der Waals surface area contributed by atoms with Crippen LogP contribution >= 0.6 is 0 Å². The van der Waals surface area contributed by atoms with E-state index in [9.17, 15) is 10.1 Å². The lowest BCUT2D eigenvalue weighted by Crippen LogP contribution is -2.06. The summed E-state index contributed by atoms with van der Waals surface area (Å²) in [7, 11) is 1.88. The molecule has 0 aliphatic heterocycles. The minimum absolute atomic E-state index is 0.0489. The lowest BCUT2D eigenvalue weighted by atomic mass is 9.97. The van der Waals surface area contributed by atoms with Crippen molar-refractivity contribution in [3.63, 3.8) is 0 Å². The van der Waals surface area contributed by atoms with Crippen LogP contribution in [0.1, 0.15) is 41.5 Å². The van der Waals surface area contributed by atoms with Crippen LogP contribution < -0.4 is 0 Å². The van der Waals surface area contributed by atoms with Crippen LogP contribution in [0.15, 0.2) is 30.5 Å². The van der Waals surface area contributed by atoms with E-state index >= 15 is 0 Å². The van der Waals surface area contributed by atoms with Crippen molar-refractivity contribution in [1.82, 2.24) is 14.8 Å². The fourth-order valence-corrected chi connectivity index (χ4v) is 3.07. The van der Waals surface area contributed by atoms with Gasteiger partial charge in [0.05, 0.1) is 17.3 Å². The molecule has 6 nitrogen and oxygen atoms in total. The first-order valence-corrected chi connectivity index (χ1v) is 9.00. The Morgan fingerprint density at radius 1 is 1.33 bits per heavy atom. The first-order chi connectivity index (χ1) is 13.1. The molecular formula is C21H22N4O2. The summed E-state index contributed by atoms with van der Waals surface area (Å²) in [5.74, 6) is -0.0489. The van der Waals surface area contributed by atoms with Crippen molar-refractivity contribution < 1.29 is 9.53 Å². The van der Waals surface area contributed by atoms with Gasteiger partial charge in [-0.05, 0) is 38.0 Å². The zero-order chi connectivity index (χ0) is 19.4. The van der Waals surface area contributed by atoms with Crippen molar-refractivity contribution in [3.8, 4) is 17.2 Å². The van der Waals surface area contributed by atoms with E-state index in [0.29, 0.717) is 42.8 Å². The molecule has 0 N–H and O–H groups in total. The van der Waals surface area contributed by atoms with Gasteiger partial charge in [-0.1, -0.05) is 12.1 Å². The summed E-state index contributed by atoms with van der Waals surface area (Å²) in [6.07, 6.45) is 2.79. The maximum absolute atomic E-state index is 12.7. The Morgan fingerprint density at radius 2 is 2.15 bits per heavy atom. The number of fused-ring (bicyclic) bond motifs is 1. The van der Waals surface area contributed by atoms with Crippen LogP contribution in [0.2, 0.25) is 0 Å². The number of ketones is 1. The summed E-state index contributed by atoms with van der Waals surface area (Å²) in [6, 6.07) is 9.48. The number of pyridine rings is 1. The number of para-hydroxylation sites is 1. The minimum atomic E-state index is -0.0489. The molecule has 6 heteroatoms. The van der Waals surface area contributed by atoms with E-state index in [0.717, 1.165) is 22.2 Å². The van der Waals surface area contributed by atoms with Crippen LogP contribution in [-0.4, -0.2) is 33.8 Å². The Kier molecular flexibility index (Phi) is 5.63. The number of hydrogen-bond donors (Lipinski definition) is 0. The van der Waals surface area contributed by atoms with Crippen molar-refractivity contribution in [2.24, 2.45) is 7.05 Å². The van der Waals surface area contributed by atoms with Crippen LogP contribution in [0.25, 0.3) is 22.0 Å². The van der Waals surface area contributed by atoms with E-state index in [-0.39, 0.29) is 5.78 Å². The third kappa shape index (κ3) is 3.74. The van der Waals surface area contributed by atoms with Gasteiger partial charge in [0.2, 0.25) is 0 Å². The Balaban J connectivity index is 2.12. The van der Waals surface area contributed by atoms with Gasteiger partial charge in [0.25, 0.3) is 0 Å². The summed E-state index contributed by atoms with van der Waals surface area (Å²) in [6.45, 7) is 5.09. The first-order valence-electron chi connectivity index (χ1n) is 9.00. The van der Waals surface area contributed by atoms with Crippen molar-refractivity contribution >= 4 is 16.7 Å². The van der Waals surface area contributed by atoms with Crippen LogP contribution in [0.5, 0.6) is 0 Å². The first kappa shape index (κ1) is 18.7. The maximum atomic E-state index is 12.7. The SMILES string of the molecule is CCOCCCC(=O)c1cc(-c2cnn(C)c2C)c2cccc(C#N)c2n1. The van der Waals surface area contributed by atoms with Gasteiger partial charge < -0.3 is 4.74 Å². The Hall–Kier alpha value is -3.04. The molecule has 0 spiro atoms. The highest BCUT2D eigenvalue weighted by molar-refractivity contribution is 6.03. The van der Waals surface area contributed by atoms with E-state index < -0.39 is 0 Å². The van der Waals surface area contributed by atoms with Crippen LogP contribution in [0.3, 0.4) is 0 Å². The van der Waals surface area contributed by atoms with E-state index in [1.54, 1.807) is 16.9 Å². The van der Waals surface area contributed by atoms with Gasteiger partial charge >= 0.3 is 0 Å². The highest BCUT2D eigenvalue weighted by Gasteiger charge is 2.17. The van der Waals surface area contributed by atoms with Crippen LogP contribution in [0, 0.1) is 18.3 Å². The Morgan fingerprint density at radius 3 is 2.81 bits per heavy atom. The number of Topliss-reactive ketones (excluding diaryl/α,β-unsaturated/α-hetero) is 1. The molecular weight excluding hydrogens is 340 g/mol. The lowest BCUT2D eigenvalue weighted by molar-refractivity contribution is 0.0943. The molecule has 3 aromatic rings. The smallest absolute Gasteiger partial charge is 0.181 e. The second kappa shape index (κ2) is 8.11. The van der Waals surface area contributed by atoms with Crippen molar-refractivity contribution in [2.75, 3.05) is 13.2 Å². The third-order valence-electron chi connectivity index (χ3n) is 4.67. The minimum Gasteiger partial charge on any atom is -0.382 e. The Bertz CT molecular complexity index is 1030. The summed E-state index contributed by atoms with van der Waals surface area (Å²) in [5, 5.41) is 14.6. The summed E-state index contributed by atoms with van der Waals surface area (Å²) in [5.41, 5.74) is 4.17. The second-order valence-corrected chi connectivity index (χ2v) is 6.36. The van der Waals surface area contributed by atoms with E-state index in [1.165, 1.54) is 0 Å². The molecule has 0 amide bonds. The molecule has 0 radical (unpaired) electrons. The molecule has 0 fully saturated rings. The molecule has 0 unspecified atom stereocenters. The third-order valence-corrected chi connectivity index (χ3v) is 4.67. The summed E-state index contributed by atoms with van der Waals surface area (Å²) >= 11 is 0. The number of aryl methyl sites for hydroxylation is 1. The van der Waals surface area contributed by atoms with Gasteiger partial charge in [0, 0.05) is 43.3 Å². The molecule has 0 atom stereocenters. The zero-order valence-corrected chi connectivity index (χ0v) is 15.8. The maximum Gasteiger partial charge on any atom is 0.181 e. The van der Waals surface area contributed by atoms with Crippen LogP contribution in [0.4, 0.5) is 0 Å². The fourth-order valence-electron chi connectivity index (χ4n) is 3.07. The predicted octanol–water partition coefficient (Wildman–Crippen LogP) is 3.81. The highest BCUT2D eigenvalue weighted by atomic mass is 16.5. The van der Waals surface area contributed by atoms with Crippen LogP contribution in [-0.2, 0) is 11.8 Å². The average molecular weight is 362 g/mol. The van der Waals surface area contributed by atoms with Gasteiger partial charge in [0.15, 0.2) is 5.78 Å². The molecule has 0 aliphatic rings. The van der Waals surface area contributed by atoms with E-state index in [1.807, 2.05) is 39.1 Å². The van der Waals surface area contributed by atoms with Gasteiger partial charge in [0.1, 0.15) is 11.8 Å². The molecule has 27 heavy (non-hydrogen) atoms. The molecule has 1 aromatic carbocycles. The number of ether oxygens (including phenoxy) is 1. The second-order valence-electron chi connectivity index (χ2n) is 6.36. The normalized spacial score (nSPS) is 10.9. The lowest BCUT2D eigenvalue weighted by Gasteiger charge is -2.10. The molecule has 138 valence electrons. The molecule has 0 bridgehead atoms. The summed E-state index contributed by atoms with van der Waals surface area (Å²) < 4.78 is 7.10. The van der Waals surface area contributed by atoms with Crippen molar-refractivity contribution in [2.45, 2.75) is 26.7 Å². The number of nitrogens with zero attached hydrogens (tertiary/aromatic N) is 4. The number of hydrogen-bond acceptors (Lipinski definition) is 5. The molecule has 2 aromatic heterocycles. The number of rotatable bonds is 7. The predicted molar refractivity (Wildman–Crippen MR) is 103 cm³/mol. The number of aromatic nitrogens is 3. The number of carbonyl (C=O) groups is 1. The van der Waals surface area contributed by atoms with Crippen molar-refractivity contribution in [3.05, 3.63) is 47.4 Å².